The van der Waals surface area contributed by atoms with Crippen LogP contribution in [-0.4, -0.2) is 18.3 Å². The number of anilines is 1. The van der Waals surface area contributed by atoms with Crippen molar-refractivity contribution in [2.24, 2.45) is 10.7 Å². The second kappa shape index (κ2) is 10.5. The van der Waals surface area contributed by atoms with Gasteiger partial charge in [-0.05, 0) is 30.7 Å². The molecule has 0 aliphatic rings. The molecule has 0 amide bonds. The molecule has 6 heteroatoms. The topological polar surface area (TPSA) is 50.4 Å². The van der Waals surface area contributed by atoms with E-state index in [9.17, 15) is 4.39 Å². The summed E-state index contributed by atoms with van der Waals surface area (Å²) in [6, 6.07) is 14.8. The van der Waals surface area contributed by atoms with Gasteiger partial charge < -0.3 is 11.1 Å². The van der Waals surface area contributed by atoms with Crippen molar-refractivity contribution in [3.8, 4) is 0 Å². The lowest BCUT2D eigenvalue weighted by molar-refractivity contribution is 0.617. The number of halogens is 2. The van der Waals surface area contributed by atoms with Crippen molar-refractivity contribution in [2.45, 2.75) is 12.7 Å². The SMILES string of the molecule is Cc1ccc(NC(N)=NCCSCc2ccccc2F)cc1.I. The summed E-state index contributed by atoms with van der Waals surface area (Å²) < 4.78 is 13.4. The Kier molecular flexibility index (Phi) is 9.01. The number of nitrogens with two attached hydrogens (primary N) is 1. The molecule has 0 saturated heterocycles. The zero-order chi connectivity index (χ0) is 15.8. The molecule has 0 aliphatic heterocycles. The third-order valence-corrected chi connectivity index (χ3v) is 4.04. The normalized spacial score (nSPS) is 11.0. The molecule has 0 bridgehead atoms. The maximum absolute atomic E-state index is 13.4. The molecular weight excluding hydrogens is 424 g/mol. The van der Waals surface area contributed by atoms with E-state index >= 15 is 0 Å². The highest BCUT2D eigenvalue weighted by Gasteiger charge is 2.00. The molecule has 2 rings (SSSR count). The van der Waals surface area contributed by atoms with Gasteiger partial charge in [-0.3, -0.25) is 4.99 Å². The average molecular weight is 445 g/mol. The number of benzene rings is 2. The predicted molar refractivity (Wildman–Crippen MR) is 109 cm³/mol. The zero-order valence-electron chi connectivity index (χ0n) is 13.0. The minimum Gasteiger partial charge on any atom is -0.370 e. The molecule has 2 aromatic rings. The Bertz CT molecular complexity index is 632. The molecule has 124 valence electrons. The molecule has 0 aromatic heterocycles. The number of rotatable bonds is 6. The van der Waals surface area contributed by atoms with Crippen molar-refractivity contribution in [2.75, 3.05) is 17.6 Å². The standard InChI is InChI=1S/C17H20FN3S.HI/c1-13-6-8-15(9-7-13)21-17(19)20-10-11-22-12-14-4-2-3-5-16(14)18;/h2-9H,10-12H2,1H3,(H3,19,20,21);1H. The number of hydrogen-bond acceptors (Lipinski definition) is 2. The van der Waals surface area contributed by atoms with Gasteiger partial charge in [-0.2, -0.15) is 11.8 Å². The van der Waals surface area contributed by atoms with Crippen LogP contribution < -0.4 is 11.1 Å². The molecule has 0 atom stereocenters. The van der Waals surface area contributed by atoms with Crippen molar-refractivity contribution < 1.29 is 4.39 Å². The van der Waals surface area contributed by atoms with Crippen LogP contribution in [0.5, 0.6) is 0 Å². The number of hydrogen-bond donors (Lipinski definition) is 2. The van der Waals surface area contributed by atoms with Crippen molar-refractivity contribution in [3.05, 3.63) is 65.5 Å². The van der Waals surface area contributed by atoms with E-state index in [1.807, 2.05) is 37.3 Å². The van der Waals surface area contributed by atoms with E-state index in [1.54, 1.807) is 23.9 Å². The minimum atomic E-state index is -0.154. The Morgan fingerprint density at radius 1 is 1.17 bits per heavy atom. The fourth-order valence-corrected chi connectivity index (χ4v) is 2.67. The van der Waals surface area contributed by atoms with Crippen LogP contribution in [0.2, 0.25) is 0 Å². The number of aliphatic imine (C=N–C) groups is 1. The molecule has 3 nitrogen and oxygen atoms in total. The second-order valence-electron chi connectivity index (χ2n) is 4.90. The quantitative estimate of drug-likeness (QED) is 0.300. The van der Waals surface area contributed by atoms with Crippen LogP contribution in [0.15, 0.2) is 53.5 Å². The number of nitrogens with one attached hydrogen (secondary N) is 1. The summed E-state index contributed by atoms with van der Waals surface area (Å²) in [6.45, 7) is 2.64. The largest absolute Gasteiger partial charge is 0.370 e. The summed E-state index contributed by atoms with van der Waals surface area (Å²) >= 11 is 1.64. The van der Waals surface area contributed by atoms with Crippen LogP contribution in [0.1, 0.15) is 11.1 Å². The lowest BCUT2D eigenvalue weighted by Crippen LogP contribution is -2.23. The van der Waals surface area contributed by atoms with E-state index in [0.717, 1.165) is 17.0 Å². The van der Waals surface area contributed by atoms with Crippen molar-refractivity contribution in [3.63, 3.8) is 0 Å². The monoisotopic (exact) mass is 445 g/mol. The Morgan fingerprint density at radius 2 is 1.87 bits per heavy atom. The van der Waals surface area contributed by atoms with E-state index in [2.05, 4.69) is 10.3 Å². The van der Waals surface area contributed by atoms with E-state index in [4.69, 9.17) is 5.73 Å². The Balaban J connectivity index is 0.00000264. The van der Waals surface area contributed by atoms with Gasteiger partial charge in [-0.1, -0.05) is 35.9 Å². The summed E-state index contributed by atoms with van der Waals surface area (Å²) in [6.07, 6.45) is 0. The van der Waals surface area contributed by atoms with Crippen molar-refractivity contribution in [1.29, 1.82) is 0 Å². The first kappa shape index (κ1) is 19.8. The van der Waals surface area contributed by atoms with Gasteiger partial charge in [0.05, 0.1) is 6.54 Å². The van der Waals surface area contributed by atoms with Gasteiger partial charge in [0, 0.05) is 17.2 Å². The van der Waals surface area contributed by atoms with E-state index in [-0.39, 0.29) is 29.8 Å². The summed E-state index contributed by atoms with van der Waals surface area (Å²) in [4.78, 5) is 4.26. The third kappa shape index (κ3) is 7.22. The highest BCUT2D eigenvalue weighted by atomic mass is 127. The van der Waals surface area contributed by atoms with Gasteiger partial charge in [0.25, 0.3) is 0 Å². The van der Waals surface area contributed by atoms with Crippen LogP contribution in [0.3, 0.4) is 0 Å². The molecule has 3 N–H and O–H groups in total. The fourth-order valence-electron chi connectivity index (χ4n) is 1.85. The molecule has 0 saturated carbocycles. The minimum absolute atomic E-state index is 0. The van der Waals surface area contributed by atoms with E-state index in [1.165, 1.54) is 11.6 Å². The molecule has 0 radical (unpaired) electrons. The summed E-state index contributed by atoms with van der Waals surface area (Å²) in [5.41, 5.74) is 8.68. The highest BCUT2D eigenvalue weighted by molar-refractivity contribution is 14.0. The van der Waals surface area contributed by atoms with Crippen LogP contribution >= 0.6 is 35.7 Å². The van der Waals surface area contributed by atoms with Crippen LogP contribution in [0, 0.1) is 12.7 Å². The molecule has 0 spiro atoms. The van der Waals surface area contributed by atoms with Gasteiger partial charge in [0.2, 0.25) is 0 Å². The average Bonchev–Trinajstić information content (AvgIpc) is 2.51. The maximum atomic E-state index is 13.4. The third-order valence-electron chi connectivity index (χ3n) is 3.06. The molecule has 0 aliphatic carbocycles. The van der Waals surface area contributed by atoms with E-state index < -0.39 is 0 Å². The fraction of sp³-hybridized carbons (Fsp3) is 0.235. The number of thioether (sulfide) groups is 1. The number of nitrogens with zero attached hydrogens (tertiary/aromatic N) is 1. The number of aryl methyl sites for hydroxylation is 1. The molecule has 0 unspecified atom stereocenters. The van der Waals surface area contributed by atoms with Crippen molar-refractivity contribution in [1.82, 2.24) is 0 Å². The van der Waals surface area contributed by atoms with Crippen molar-refractivity contribution >= 4 is 47.4 Å². The summed E-state index contributed by atoms with van der Waals surface area (Å²) in [7, 11) is 0. The smallest absolute Gasteiger partial charge is 0.193 e. The molecule has 23 heavy (non-hydrogen) atoms. The van der Waals surface area contributed by atoms with E-state index in [0.29, 0.717) is 18.3 Å². The molecule has 0 heterocycles. The number of guanidine groups is 1. The zero-order valence-corrected chi connectivity index (χ0v) is 16.1. The molecular formula is C17H21FIN3S. The van der Waals surface area contributed by atoms with Crippen LogP contribution in [0.4, 0.5) is 10.1 Å². The van der Waals surface area contributed by atoms with Gasteiger partial charge in [0.15, 0.2) is 5.96 Å². The Morgan fingerprint density at radius 3 is 2.57 bits per heavy atom. The first-order valence-corrected chi connectivity index (χ1v) is 8.25. The first-order valence-electron chi connectivity index (χ1n) is 7.10. The van der Waals surface area contributed by atoms with Crippen LogP contribution in [-0.2, 0) is 5.75 Å². The first-order chi connectivity index (χ1) is 10.6. The maximum Gasteiger partial charge on any atom is 0.193 e. The van der Waals surface area contributed by atoms with Gasteiger partial charge in [-0.25, -0.2) is 4.39 Å². The highest BCUT2D eigenvalue weighted by Crippen LogP contribution is 2.15. The molecule has 2 aromatic carbocycles. The Labute approximate surface area is 158 Å². The summed E-state index contributed by atoms with van der Waals surface area (Å²) in [5, 5.41) is 3.05. The Hall–Kier alpha value is -1.28. The predicted octanol–water partition coefficient (Wildman–Crippen LogP) is 4.41. The summed E-state index contributed by atoms with van der Waals surface area (Å²) in [5.74, 6) is 1.69. The lowest BCUT2D eigenvalue weighted by atomic mass is 10.2. The molecule has 0 fully saturated rings. The van der Waals surface area contributed by atoms with Gasteiger partial charge in [0.1, 0.15) is 5.82 Å². The van der Waals surface area contributed by atoms with Crippen LogP contribution in [0.25, 0.3) is 0 Å². The van der Waals surface area contributed by atoms with Gasteiger partial charge >= 0.3 is 0 Å². The van der Waals surface area contributed by atoms with Gasteiger partial charge in [-0.15, -0.1) is 24.0 Å². The second-order valence-corrected chi connectivity index (χ2v) is 6.01. The lowest BCUT2D eigenvalue weighted by Gasteiger charge is -2.06.